The number of rotatable bonds is 5. The van der Waals surface area contributed by atoms with Crippen molar-refractivity contribution >= 4 is 11.8 Å². The molecular weight excluding hydrogens is 369 g/mol. The van der Waals surface area contributed by atoms with Gasteiger partial charge in [0.15, 0.2) is 0 Å². The number of hydrogen-bond donors (Lipinski definition) is 1. The summed E-state index contributed by atoms with van der Waals surface area (Å²) in [4.78, 5) is 26.4. The molecule has 0 radical (unpaired) electrons. The fourth-order valence-corrected chi connectivity index (χ4v) is 3.28. The molecule has 0 aromatic heterocycles. The van der Waals surface area contributed by atoms with E-state index in [1.165, 1.54) is 12.1 Å². The fraction of sp³-hybridized carbons (Fsp3) is 0.333. The quantitative estimate of drug-likeness (QED) is 0.841. The van der Waals surface area contributed by atoms with Crippen molar-refractivity contribution in [1.29, 1.82) is 0 Å². The van der Waals surface area contributed by atoms with Crippen molar-refractivity contribution in [3.63, 3.8) is 0 Å². The summed E-state index contributed by atoms with van der Waals surface area (Å²) in [6.07, 6.45) is -4.25. The molecule has 7 heteroatoms. The normalized spacial score (nSPS) is 18.2. The molecule has 1 N–H and O–H groups in total. The number of hydrogen-bond acceptors (Lipinski definition) is 2. The molecule has 0 spiro atoms. The van der Waals surface area contributed by atoms with Gasteiger partial charge in [0.2, 0.25) is 11.8 Å². The molecule has 2 atom stereocenters. The van der Waals surface area contributed by atoms with E-state index in [2.05, 4.69) is 5.32 Å². The smallest absolute Gasteiger partial charge is 0.349 e. The Morgan fingerprint density at radius 1 is 1.14 bits per heavy atom. The van der Waals surface area contributed by atoms with Gasteiger partial charge in [0.25, 0.3) is 0 Å². The Bertz CT molecular complexity index is 835. The highest BCUT2D eigenvalue weighted by Crippen LogP contribution is 2.30. The topological polar surface area (TPSA) is 49.4 Å². The van der Waals surface area contributed by atoms with Crippen LogP contribution in [0.5, 0.6) is 0 Å². The van der Waals surface area contributed by atoms with E-state index in [0.717, 1.165) is 17.7 Å². The van der Waals surface area contributed by atoms with Gasteiger partial charge in [-0.05, 0) is 30.2 Å². The SMILES string of the molecule is CC(NC(=O)C1CC(=O)N(Cc2ccccc2)C1)c1ccc(C(F)(F)F)cc1. The number of halogens is 3. The van der Waals surface area contributed by atoms with Crippen LogP contribution in [0, 0.1) is 5.92 Å². The molecule has 0 bridgehead atoms. The van der Waals surface area contributed by atoms with Crippen LogP contribution in [0.1, 0.15) is 36.1 Å². The average molecular weight is 390 g/mol. The van der Waals surface area contributed by atoms with Crippen LogP contribution in [-0.4, -0.2) is 23.3 Å². The van der Waals surface area contributed by atoms with Crippen LogP contribution in [0.15, 0.2) is 54.6 Å². The van der Waals surface area contributed by atoms with Crippen LogP contribution < -0.4 is 5.32 Å². The first-order valence-electron chi connectivity index (χ1n) is 9.03. The molecule has 1 heterocycles. The second-order valence-corrected chi connectivity index (χ2v) is 7.01. The zero-order chi connectivity index (χ0) is 20.3. The van der Waals surface area contributed by atoms with Crippen LogP contribution in [0.4, 0.5) is 13.2 Å². The first-order valence-corrected chi connectivity index (χ1v) is 9.03. The first kappa shape index (κ1) is 19.9. The van der Waals surface area contributed by atoms with Crippen molar-refractivity contribution in [3.05, 3.63) is 71.3 Å². The molecule has 1 aliphatic heterocycles. The van der Waals surface area contributed by atoms with E-state index >= 15 is 0 Å². The molecule has 3 rings (SSSR count). The van der Waals surface area contributed by atoms with Crippen molar-refractivity contribution < 1.29 is 22.8 Å². The van der Waals surface area contributed by atoms with Crippen molar-refractivity contribution in [2.45, 2.75) is 32.1 Å². The molecule has 28 heavy (non-hydrogen) atoms. The van der Waals surface area contributed by atoms with Gasteiger partial charge >= 0.3 is 6.18 Å². The molecule has 0 saturated carbocycles. The lowest BCUT2D eigenvalue weighted by Gasteiger charge is -2.19. The van der Waals surface area contributed by atoms with Gasteiger partial charge in [-0.3, -0.25) is 9.59 Å². The summed E-state index contributed by atoms with van der Waals surface area (Å²) < 4.78 is 38.0. The van der Waals surface area contributed by atoms with Crippen LogP contribution in [0.3, 0.4) is 0 Å². The molecule has 1 saturated heterocycles. The molecule has 2 unspecified atom stereocenters. The number of nitrogens with zero attached hydrogens (tertiary/aromatic N) is 1. The monoisotopic (exact) mass is 390 g/mol. The van der Waals surface area contributed by atoms with Crippen molar-refractivity contribution in [2.75, 3.05) is 6.54 Å². The van der Waals surface area contributed by atoms with E-state index in [1.54, 1.807) is 11.8 Å². The van der Waals surface area contributed by atoms with E-state index in [9.17, 15) is 22.8 Å². The van der Waals surface area contributed by atoms with E-state index in [4.69, 9.17) is 0 Å². The largest absolute Gasteiger partial charge is 0.416 e. The maximum atomic E-state index is 12.7. The van der Waals surface area contributed by atoms with E-state index in [-0.39, 0.29) is 18.2 Å². The fourth-order valence-electron chi connectivity index (χ4n) is 3.28. The number of carbonyl (C=O) groups excluding carboxylic acids is 2. The second-order valence-electron chi connectivity index (χ2n) is 7.01. The zero-order valence-electron chi connectivity index (χ0n) is 15.4. The summed E-state index contributed by atoms with van der Waals surface area (Å²) in [5.41, 5.74) is 0.842. The van der Waals surface area contributed by atoms with Gasteiger partial charge in [-0.2, -0.15) is 13.2 Å². The van der Waals surface area contributed by atoms with Gasteiger partial charge in [0.1, 0.15) is 0 Å². The summed E-state index contributed by atoms with van der Waals surface area (Å²) in [6, 6.07) is 13.8. The molecule has 2 aromatic rings. The number of likely N-dealkylation sites (tertiary alicyclic amines) is 1. The third-order valence-corrected chi connectivity index (χ3v) is 4.90. The second kappa shape index (κ2) is 8.04. The Morgan fingerprint density at radius 3 is 2.39 bits per heavy atom. The van der Waals surface area contributed by atoms with Crippen molar-refractivity contribution in [3.8, 4) is 0 Å². The lowest BCUT2D eigenvalue weighted by atomic mass is 10.0. The van der Waals surface area contributed by atoms with Gasteiger partial charge < -0.3 is 10.2 Å². The third kappa shape index (κ3) is 4.71. The summed E-state index contributed by atoms with van der Waals surface area (Å²) in [7, 11) is 0. The Hall–Kier alpha value is -2.83. The maximum Gasteiger partial charge on any atom is 0.416 e. The number of carbonyl (C=O) groups is 2. The highest BCUT2D eigenvalue weighted by atomic mass is 19.4. The summed E-state index contributed by atoms with van der Waals surface area (Å²) >= 11 is 0. The van der Waals surface area contributed by atoms with Crippen LogP contribution in [0.2, 0.25) is 0 Å². The predicted molar refractivity (Wildman–Crippen MR) is 98.0 cm³/mol. The molecule has 0 aliphatic carbocycles. The van der Waals surface area contributed by atoms with Crippen molar-refractivity contribution in [2.24, 2.45) is 5.92 Å². The summed E-state index contributed by atoms with van der Waals surface area (Å²) in [6.45, 7) is 2.50. The Labute approximate surface area is 161 Å². The third-order valence-electron chi connectivity index (χ3n) is 4.90. The molecule has 2 aromatic carbocycles. The molecule has 1 fully saturated rings. The van der Waals surface area contributed by atoms with Crippen LogP contribution in [0.25, 0.3) is 0 Å². The minimum absolute atomic E-state index is 0.0776. The lowest BCUT2D eigenvalue weighted by molar-refractivity contribution is -0.137. The van der Waals surface area contributed by atoms with E-state index < -0.39 is 23.7 Å². The Morgan fingerprint density at radius 2 is 1.79 bits per heavy atom. The van der Waals surface area contributed by atoms with E-state index in [0.29, 0.717) is 18.7 Å². The van der Waals surface area contributed by atoms with Gasteiger partial charge in [0, 0.05) is 19.5 Å². The lowest BCUT2D eigenvalue weighted by Crippen LogP contribution is -2.34. The molecule has 2 amide bonds. The van der Waals surface area contributed by atoms with Gasteiger partial charge in [0.05, 0.1) is 17.5 Å². The van der Waals surface area contributed by atoms with Gasteiger partial charge in [-0.15, -0.1) is 0 Å². The highest BCUT2D eigenvalue weighted by Gasteiger charge is 2.35. The number of alkyl halides is 3. The van der Waals surface area contributed by atoms with Gasteiger partial charge in [-0.1, -0.05) is 42.5 Å². The standard InChI is InChI=1S/C21H21F3N2O2/c1-14(16-7-9-18(10-8-16)21(22,23)24)25-20(28)17-11-19(27)26(13-17)12-15-5-3-2-4-6-15/h2-10,14,17H,11-13H2,1H3,(H,25,28). The number of nitrogens with one attached hydrogen (secondary N) is 1. The first-order chi connectivity index (χ1) is 13.2. The molecule has 4 nitrogen and oxygen atoms in total. The minimum Gasteiger partial charge on any atom is -0.349 e. The number of benzene rings is 2. The Balaban J connectivity index is 1.58. The molecule has 1 aliphatic rings. The predicted octanol–water partition coefficient (Wildman–Crippen LogP) is 3.93. The summed E-state index contributed by atoms with van der Waals surface area (Å²) in [5.74, 6) is -0.810. The van der Waals surface area contributed by atoms with Crippen molar-refractivity contribution in [1.82, 2.24) is 10.2 Å². The highest BCUT2D eigenvalue weighted by molar-refractivity contribution is 5.89. The average Bonchev–Trinajstić information content (AvgIpc) is 3.02. The van der Waals surface area contributed by atoms with Crippen LogP contribution >= 0.6 is 0 Å². The molecule has 148 valence electrons. The maximum absolute atomic E-state index is 12.7. The minimum atomic E-state index is -4.39. The van der Waals surface area contributed by atoms with Crippen LogP contribution in [-0.2, 0) is 22.3 Å². The summed E-state index contributed by atoms with van der Waals surface area (Å²) in [5, 5.41) is 2.80. The zero-order valence-corrected chi connectivity index (χ0v) is 15.4. The van der Waals surface area contributed by atoms with E-state index in [1.807, 2.05) is 30.3 Å². The number of amides is 2. The molecular formula is C21H21F3N2O2. The Kier molecular flexibility index (Phi) is 5.72. The van der Waals surface area contributed by atoms with Gasteiger partial charge in [-0.25, -0.2) is 0 Å².